The van der Waals surface area contributed by atoms with Crippen LogP contribution in [0.3, 0.4) is 0 Å². The predicted molar refractivity (Wildman–Crippen MR) is 171 cm³/mol. The Morgan fingerprint density at radius 2 is 1.48 bits per heavy atom. The highest BCUT2D eigenvalue weighted by atomic mass is 32.2. The van der Waals surface area contributed by atoms with Crippen molar-refractivity contribution in [2.24, 2.45) is 0 Å². The quantitative estimate of drug-likeness (QED) is 0.255. The third kappa shape index (κ3) is 8.22. The smallest absolute Gasteiger partial charge is 0.264 e. The highest BCUT2D eigenvalue weighted by Crippen LogP contribution is 2.32. The number of hydrogen-bond acceptors (Lipinski definition) is 7. The Hall–Kier alpha value is -4.25. The van der Waals surface area contributed by atoms with Gasteiger partial charge in [-0.1, -0.05) is 43.7 Å². The zero-order valence-electron chi connectivity index (χ0n) is 26.5. The van der Waals surface area contributed by atoms with Gasteiger partial charge in [-0.05, 0) is 68.7 Å². The van der Waals surface area contributed by atoms with Gasteiger partial charge in [0.05, 0.1) is 31.9 Å². The van der Waals surface area contributed by atoms with Gasteiger partial charge in [-0.25, -0.2) is 8.42 Å². The number of methoxy groups -OCH3 is 3. The molecule has 3 rings (SSSR count). The van der Waals surface area contributed by atoms with E-state index in [1.165, 1.54) is 37.3 Å². The van der Waals surface area contributed by atoms with E-state index >= 15 is 0 Å². The first-order chi connectivity index (χ1) is 21.0. The van der Waals surface area contributed by atoms with Crippen LogP contribution in [0.2, 0.25) is 0 Å². The lowest BCUT2D eigenvalue weighted by molar-refractivity contribution is -0.140. The van der Waals surface area contributed by atoms with Crippen LogP contribution >= 0.6 is 0 Å². The molecular formula is C33H43N3O7S. The number of carbonyl (C=O) groups excluding carboxylic acids is 2. The lowest BCUT2D eigenvalue weighted by Gasteiger charge is -2.33. The zero-order valence-corrected chi connectivity index (χ0v) is 27.3. The Bertz CT molecular complexity index is 1510. The second-order valence-corrected chi connectivity index (χ2v) is 12.3. The number of sulfonamides is 1. The van der Waals surface area contributed by atoms with Crippen LogP contribution in [-0.4, -0.2) is 65.1 Å². The number of nitrogens with zero attached hydrogens (tertiary/aromatic N) is 2. The Morgan fingerprint density at radius 3 is 2.02 bits per heavy atom. The Kier molecular flexibility index (Phi) is 12.0. The third-order valence-corrected chi connectivity index (χ3v) is 9.21. The van der Waals surface area contributed by atoms with Crippen molar-refractivity contribution in [2.45, 2.75) is 64.1 Å². The monoisotopic (exact) mass is 625 g/mol. The van der Waals surface area contributed by atoms with Crippen LogP contribution in [0.5, 0.6) is 17.2 Å². The summed E-state index contributed by atoms with van der Waals surface area (Å²) < 4.78 is 45.4. The number of anilines is 1. The second-order valence-electron chi connectivity index (χ2n) is 10.5. The van der Waals surface area contributed by atoms with E-state index in [0.717, 1.165) is 21.9 Å². The van der Waals surface area contributed by atoms with Gasteiger partial charge in [0, 0.05) is 18.7 Å². The van der Waals surface area contributed by atoms with Gasteiger partial charge in [-0.15, -0.1) is 0 Å². The topological polar surface area (TPSA) is 114 Å². The fraction of sp³-hybridized carbons (Fsp3) is 0.394. The van der Waals surface area contributed by atoms with Gasteiger partial charge in [0.15, 0.2) is 11.5 Å². The molecule has 3 aromatic rings. The number of benzene rings is 3. The molecule has 0 heterocycles. The molecule has 0 saturated carbocycles. The maximum absolute atomic E-state index is 14.3. The number of rotatable bonds is 15. The van der Waals surface area contributed by atoms with E-state index in [1.807, 2.05) is 39.8 Å². The van der Waals surface area contributed by atoms with Gasteiger partial charge in [0.2, 0.25) is 11.8 Å². The third-order valence-electron chi connectivity index (χ3n) is 7.44. The van der Waals surface area contributed by atoms with E-state index in [4.69, 9.17) is 14.2 Å². The van der Waals surface area contributed by atoms with Crippen LogP contribution < -0.4 is 23.8 Å². The molecule has 0 spiro atoms. The van der Waals surface area contributed by atoms with Crippen LogP contribution in [0.1, 0.15) is 44.7 Å². The van der Waals surface area contributed by atoms with Gasteiger partial charge < -0.3 is 24.4 Å². The summed E-state index contributed by atoms with van der Waals surface area (Å²) in [5.74, 6) is 0.426. The molecule has 11 heteroatoms. The normalized spacial score (nSPS) is 12.5. The van der Waals surface area contributed by atoms with Crippen LogP contribution in [0.15, 0.2) is 71.6 Å². The van der Waals surface area contributed by atoms with Crippen molar-refractivity contribution in [2.75, 3.05) is 32.2 Å². The fourth-order valence-corrected chi connectivity index (χ4v) is 6.06. The van der Waals surface area contributed by atoms with E-state index in [0.29, 0.717) is 23.6 Å². The SMILES string of the molecule is CC[C@H](C(=O)N[C@@H](C)CC)N(Cc1ccc(OC)cc1)C(=O)CN(c1ccc(C)cc1)S(=O)(=O)c1ccc(OC)c(OC)c1. The molecule has 1 N–H and O–H groups in total. The van der Waals surface area contributed by atoms with E-state index in [2.05, 4.69) is 5.32 Å². The number of hydrogen-bond donors (Lipinski definition) is 1. The first kappa shape index (κ1) is 34.2. The summed E-state index contributed by atoms with van der Waals surface area (Å²) in [4.78, 5) is 29.1. The minimum absolute atomic E-state index is 0.0771. The molecule has 0 fully saturated rings. The molecule has 238 valence electrons. The molecule has 0 aromatic heterocycles. The summed E-state index contributed by atoms with van der Waals surface area (Å²) >= 11 is 0. The van der Waals surface area contributed by atoms with Crippen LogP contribution in [0.25, 0.3) is 0 Å². The van der Waals surface area contributed by atoms with Crippen molar-refractivity contribution in [1.29, 1.82) is 0 Å². The van der Waals surface area contributed by atoms with Crippen molar-refractivity contribution in [3.05, 3.63) is 77.9 Å². The van der Waals surface area contributed by atoms with Crippen LogP contribution in [0, 0.1) is 6.92 Å². The number of carbonyl (C=O) groups is 2. The molecule has 0 bridgehead atoms. The minimum atomic E-state index is -4.28. The molecule has 0 saturated heterocycles. The lowest BCUT2D eigenvalue weighted by atomic mass is 10.1. The van der Waals surface area contributed by atoms with Crippen molar-refractivity contribution >= 4 is 27.5 Å². The maximum atomic E-state index is 14.3. The van der Waals surface area contributed by atoms with E-state index < -0.39 is 28.5 Å². The number of aryl methyl sites for hydroxylation is 1. The summed E-state index contributed by atoms with van der Waals surface area (Å²) in [6.07, 6.45) is 1.05. The Labute approximate surface area is 261 Å². The highest BCUT2D eigenvalue weighted by Gasteiger charge is 2.34. The first-order valence-corrected chi connectivity index (χ1v) is 16.0. The summed E-state index contributed by atoms with van der Waals surface area (Å²) in [6.45, 7) is 7.13. The van der Waals surface area contributed by atoms with Crippen molar-refractivity contribution in [3.8, 4) is 17.2 Å². The summed E-state index contributed by atoms with van der Waals surface area (Å²) in [5, 5.41) is 2.98. The molecule has 3 aromatic carbocycles. The molecule has 0 radical (unpaired) electrons. The molecular weight excluding hydrogens is 582 g/mol. The fourth-order valence-electron chi connectivity index (χ4n) is 4.63. The Balaban J connectivity index is 2.09. The van der Waals surface area contributed by atoms with Gasteiger partial charge in [-0.3, -0.25) is 13.9 Å². The van der Waals surface area contributed by atoms with E-state index in [-0.39, 0.29) is 29.1 Å². The zero-order chi connectivity index (χ0) is 32.4. The lowest BCUT2D eigenvalue weighted by Crippen LogP contribution is -2.53. The molecule has 0 unspecified atom stereocenters. The van der Waals surface area contributed by atoms with Gasteiger partial charge in [-0.2, -0.15) is 0 Å². The van der Waals surface area contributed by atoms with Gasteiger partial charge in [0.25, 0.3) is 10.0 Å². The molecule has 0 aliphatic rings. The average Bonchev–Trinajstić information content (AvgIpc) is 3.03. The molecule has 0 aliphatic carbocycles. The molecule has 10 nitrogen and oxygen atoms in total. The van der Waals surface area contributed by atoms with Crippen LogP contribution in [-0.2, 0) is 26.2 Å². The average molecular weight is 626 g/mol. The number of ether oxygens (including phenoxy) is 3. The van der Waals surface area contributed by atoms with E-state index in [9.17, 15) is 18.0 Å². The van der Waals surface area contributed by atoms with E-state index in [1.54, 1.807) is 43.5 Å². The van der Waals surface area contributed by atoms with Gasteiger partial charge in [0.1, 0.15) is 18.3 Å². The van der Waals surface area contributed by atoms with Crippen LogP contribution in [0.4, 0.5) is 5.69 Å². The highest BCUT2D eigenvalue weighted by molar-refractivity contribution is 7.92. The molecule has 2 amide bonds. The van der Waals surface area contributed by atoms with Crippen molar-refractivity contribution in [1.82, 2.24) is 10.2 Å². The summed E-state index contributed by atoms with van der Waals surface area (Å²) in [5.41, 5.74) is 2.00. The first-order valence-electron chi connectivity index (χ1n) is 14.5. The molecule has 2 atom stereocenters. The largest absolute Gasteiger partial charge is 0.497 e. The minimum Gasteiger partial charge on any atom is -0.497 e. The number of amides is 2. The second kappa shape index (κ2) is 15.5. The predicted octanol–water partition coefficient (Wildman–Crippen LogP) is 4.94. The molecule has 44 heavy (non-hydrogen) atoms. The number of nitrogens with one attached hydrogen (secondary N) is 1. The summed E-state index contributed by atoms with van der Waals surface area (Å²) in [7, 11) is 0.167. The van der Waals surface area contributed by atoms with Crippen molar-refractivity contribution < 1.29 is 32.2 Å². The summed E-state index contributed by atoms with van der Waals surface area (Å²) in [6, 6.07) is 17.4. The Morgan fingerprint density at radius 1 is 0.841 bits per heavy atom. The van der Waals surface area contributed by atoms with Crippen molar-refractivity contribution in [3.63, 3.8) is 0 Å². The molecule has 0 aliphatic heterocycles. The van der Waals surface area contributed by atoms with Gasteiger partial charge >= 0.3 is 0 Å². The standard InChI is InChI=1S/C33H43N3O7S/c1-8-24(4)34-33(38)29(9-2)35(21-25-12-16-27(41-5)17-13-25)32(37)22-36(26-14-10-23(3)11-15-26)44(39,40)28-18-19-30(42-6)31(20-28)43-7/h10-20,24,29H,8-9,21-22H2,1-7H3,(H,34,38)/t24-,29+/m0/s1. The maximum Gasteiger partial charge on any atom is 0.264 e.